The molecule has 0 N–H and O–H groups in total. The van der Waals surface area contributed by atoms with Crippen molar-refractivity contribution in [3.63, 3.8) is 0 Å². The van der Waals surface area contributed by atoms with Crippen molar-refractivity contribution in [3.05, 3.63) is 188 Å². The molecule has 0 saturated carbocycles. The summed E-state index contributed by atoms with van der Waals surface area (Å²) < 4.78 is 13.5. The van der Waals surface area contributed by atoms with Gasteiger partial charge in [0.2, 0.25) is 0 Å². The maximum Gasteiger partial charge on any atom is 0.167 e. The number of benzene rings is 9. The summed E-state index contributed by atoms with van der Waals surface area (Å²) in [7, 11) is 0. The largest absolute Gasteiger partial charge is 0.455 e. The first-order chi connectivity index (χ1) is 28.8. The van der Waals surface area contributed by atoms with Crippen LogP contribution >= 0.6 is 0 Å². The molecule has 3 aromatic heterocycles. The molecule has 0 saturated heterocycles. The van der Waals surface area contributed by atoms with E-state index in [1.54, 1.807) is 0 Å². The second-order valence-corrected chi connectivity index (χ2v) is 14.7. The summed E-state index contributed by atoms with van der Waals surface area (Å²) in [5.41, 5.74) is 10.2. The molecule has 0 aliphatic carbocycles. The van der Waals surface area contributed by atoms with E-state index in [1.165, 1.54) is 21.9 Å². The molecule has 0 unspecified atom stereocenters. The SMILES string of the molecule is c1ccc(-c2nc(-c3cccc4c3oc3ccccc34)nc(-c3cc4ccccc4c4c3oc3cccc(-c5ccc(-c6ccccc6)c6ccccc56)c34)n2)cc1. The Morgan fingerprint density at radius 3 is 1.66 bits per heavy atom. The number of nitrogens with zero attached hydrogens (tertiary/aromatic N) is 3. The number of hydrogen-bond donors (Lipinski definition) is 0. The van der Waals surface area contributed by atoms with E-state index >= 15 is 0 Å². The monoisotopic (exact) mass is 741 g/mol. The van der Waals surface area contributed by atoms with Crippen molar-refractivity contribution in [2.45, 2.75) is 0 Å². The fourth-order valence-corrected chi connectivity index (χ4v) is 8.72. The van der Waals surface area contributed by atoms with E-state index in [4.69, 9.17) is 23.8 Å². The topological polar surface area (TPSA) is 65.0 Å². The molecule has 0 aliphatic heterocycles. The zero-order valence-corrected chi connectivity index (χ0v) is 31.1. The van der Waals surface area contributed by atoms with Gasteiger partial charge in [0.15, 0.2) is 17.5 Å². The normalized spacial score (nSPS) is 11.8. The van der Waals surface area contributed by atoms with Crippen molar-refractivity contribution >= 4 is 65.4 Å². The highest BCUT2D eigenvalue weighted by Gasteiger charge is 2.24. The number of para-hydroxylation sites is 2. The fraction of sp³-hybridized carbons (Fsp3) is 0. The van der Waals surface area contributed by atoms with Crippen molar-refractivity contribution in [3.8, 4) is 56.4 Å². The molecule has 0 amide bonds. The first-order valence-electron chi connectivity index (χ1n) is 19.4. The summed E-state index contributed by atoms with van der Waals surface area (Å²) in [6, 6.07) is 65.1. The second-order valence-electron chi connectivity index (χ2n) is 14.7. The maximum absolute atomic E-state index is 7.00. The molecule has 270 valence electrons. The highest BCUT2D eigenvalue weighted by Crippen LogP contribution is 2.46. The predicted octanol–water partition coefficient (Wildman–Crippen LogP) is 14.3. The molecule has 3 heterocycles. The molecule has 0 aliphatic rings. The van der Waals surface area contributed by atoms with Gasteiger partial charge in [-0.15, -0.1) is 0 Å². The quantitative estimate of drug-likeness (QED) is 0.176. The van der Waals surface area contributed by atoms with Crippen LogP contribution in [0, 0.1) is 0 Å². The minimum atomic E-state index is 0.519. The third kappa shape index (κ3) is 5.00. The minimum absolute atomic E-state index is 0.519. The number of hydrogen-bond acceptors (Lipinski definition) is 5. The van der Waals surface area contributed by atoms with Crippen molar-refractivity contribution in [2.24, 2.45) is 0 Å². The number of furan rings is 2. The lowest BCUT2D eigenvalue weighted by atomic mass is 9.89. The minimum Gasteiger partial charge on any atom is -0.455 e. The van der Waals surface area contributed by atoms with Gasteiger partial charge in [-0.3, -0.25) is 0 Å². The van der Waals surface area contributed by atoms with Crippen LogP contribution in [-0.2, 0) is 0 Å². The van der Waals surface area contributed by atoms with E-state index < -0.39 is 0 Å². The number of aromatic nitrogens is 3. The zero-order chi connectivity index (χ0) is 38.2. The van der Waals surface area contributed by atoms with Crippen LogP contribution in [0.2, 0.25) is 0 Å². The van der Waals surface area contributed by atoms with Crippen molar-refractivity contribution in [1.82, 2.24) is 15.0 Å². The van der Waals surface area contributed by atoms with Gasteiger partial charge in [-0.25, -0.2) is 15.0 Å². The van der Waals surface area contributed by atoms with Gasteiger partial charge in [-0.1, -0.05) is 164 Å². The highest BCUT2D eigenvalue weighted by molar-refractivity contribution is 6.26. The molecule has 0 spiro atoms. The summed E-state index contributed by atoms with van der Waals surface area (Å²) in [5.74, 6) is 1.61. The van der Waals surface area contributed by atoms with E-state index in [0.717, 1.165) is 82.5 Å². The van der Waals surface area contributed by atoms with Gasteiger partial charge < -0.3 is 8.83 Å². The molecule has 0 bridgehead atoms. The van der Waals surface area contributed by atoms with Gasteiger partial charge in [0, 0.05) is 27.1 Å². The van der Waals surface area contributed by atoms with Gasteiger partial charge in [0.05, 0.1) is 11.1 Å². The molecule has 5 nitrogen and oxygen atoms in total. The molecular weight excluding hydrogens is 711 g/mol. The standard InChI is InChI=1S/C53H31N3O2/c1-3-15-32(16-4-1)35-29-30-39(38-22-10-9-21-37(35)38)41-24-14-28-46-47(41)48-36-20-8-7-19-34(36)31-44(50(48)58-46)53-55-51(33-17-5-2-6-18-33)54-52(56-53)43-26-13-25-42-40-23-11-12-27-45(40)57-49(42)43/h1-31H. The Balaban J connectivity index is 1.14. The van der Waals surface area contributed by atoms with Crippen LogP contribution in [-0.4, -0.2) is 15.0 Å². The summed E-state index contributed by atoms with van der Waals surface area (Å²) in [6.07, 6.45) is 0. The average Bonchev–Trinajstić information content (AvgIpc) is 3.88. The Hall–Kier alpha value is -7.89. The lowest BCUT2D eigenvalue weighted by molar-refractivity contribution is 0.669. The van der Waals surface area contributed by atoms with Crippen LogP contribution in [0.1, 0.15) is 0 Å². The lowest BCUT2D eigenvalue weighted by Crippen LogP contribution is -2.00. The van der Waals surface area contributed by atoms with E-state index in [0.29, 0.717) is 17.5 Å². The van der Waals surface area contributed by atoms with Crippen molar-refractivity contribution in [1.29, 1.82) is 0 Å². The van der Waals surface area contributed by atoms with Crippen LogP contribution in [0.25, 0.3) is 122 Å². The number of rotatable bonds is 5. The smallest absolute Gasteiger partial charge is 0.167 e. The van der Waals surface area contributed by atoms with E-state index in [1.807, 2.05) is 60.7 Å². The maximum atomic E-state index is 7.00. The molecule has 12 rings (SSSR count). The first kappa shape index (κ1) is 32.4. The third-order valence-electron chi connectivity index (χ3n) is 11.3. The molecule has 0 radical (unpaired) electrons. The summed E-state index contributed by atoms with van der Waals surface area (Å²) in [4.78, 5) is 15.6. The van der Waals surface area contributed by atoms with Crippen LogP contribution in [0.15, 0.2) is 197 Å². The molecule has 0 fully saturated rings. The molecule has 58 heavy (non-hydrogen) atoms. The molecular formula is C53H31N3O2. The van der Waals surface area contributed by atoms with Gasteiger partial charge >= 0.3 is 0 Å². The van der Waals surface area contributed by atoms with Crippen molar-refractivity contribution in [2.75, 3.05) is 0 Å². The Kier molecular flexibility index (Phi) is 7.16. The van der Waals surface area contributed by atoms with Crippen LogP contribution in [0.4, 0.5) is 0 Å². The van der Waals surface area contributed by atoms with Crippen molar-refractivity contribution < 1.29 is 8.83 Å². The van der Waals surface area contributed by atoms with E-state index in [-0.39, 0.29) is 0 Å². The zero-order valence-electron chi connectivity index (χ0n) is 31.1. The molecule has 0 atom stereocenters. The lowest BCUT2D eigenvalue weighted by Gasteiger charge is -2.13. The molecule has 12 aromatic rings. The van der Waals surface area contributed by atoms with Crippen LogP contribution < -0.4 is 0 Å². The van der Waals surface area contributed by atoms with E-state index in [9.17, 15) is 0 Å². The summed E-state index contributed by atoms with van der Waals surface area (Å²) in [5, 5.41) is 8.69. The average molecular weight is 742 g/mol. The summed E-state index contributed by atoms with van der Waals surface area (Å²) >= 11 is 0. The summed E-state index contributed by atoms with van der Waals surface area (Å²) in [6.45, 7) is 0. The Labute approximate surface area is 332 Å². The second kappa shape index (κ2) is 12.8. The molecule has 5 heteroatoms. The van der Waals surface area contributed by atoms with Crippen LogP contribution in [0.3, 0.4) is 0 Å². The number of fused-ring (bicyclic) bond motifs is 9. The van der Waals surface area contributed by atoms with Gasteiger partial charge in [-0.2, -0.15) is 0 Å². The Morgan fingerprint density at radius 2 is 0.845 bits per heavy atom. The third-order valence-corrected chi connectivity index (χ3v) is 11.3. The van der Waals surface area contributed by atoms with Gasteiger partial charge in [0.1, 0.15) is 22.3 Å². The predicted molar refractivity (Wildman–Crippen MR) is 237 cm³/mol. The Bertz CT molecular complexity index is 3570. The van der Waals surface area contributed by atoms with Gasteiger partial charge in [0.25, 0.3) is 0 Å². The fourth-order valence-electron chi connectivity index (χ4n) is 8.72. The highest BCUT2D eigenvalue weighted by atomic mass is 16.3. The van der Waals surface area contributed by atoms with E-state index in [2.05, 4.69) is 127 Å². The first-order valence-corrected chi connectivity index (χ1v) is 19.4. The van der Waals surface area contributed by atoms with Crippen LogP contribution in [0.5, 0.6) is 0 Å². The molecule has 9 aromatic carbocycles. The van der Waals surface area contributed by atoms with Gasteiger partial charge in [-0.05, 0) is 68.1 Å². The Morgan fingerprint density at radius 1 is 0.293 bits per heavy atom.